The molecule has 2 amide bonds. The van der Waals surface area contributed by atoms with Gasteiger partial charge in [0.15, 0.2) is 16.6 Å². The molecule has 11 nitrogen and oxygen atoms in total. The van der Waals surface area contributed by atoms with Gasteiger partial charge in [0.25, 0.3) is 5.91 Å². The minimum atomic E-state index is -2.15. The van der Waals surface area contributed by atoms with E-state index in [1.807, 2.05) is 0 Å². The molecule has 1 aliphatic heterocycles. The van der Waals surface area contributed by atoms with Crippen LogP contribution in [0.2, 0.25) is 36.3 Å². The van der Waals surface area contributed by atoms with Crippen molar-refractivity contribution in [3.63, 3.8) is 0 Å². The molecule has 0 aliphatic carbocycles. The first-order valence-electron chi connectivity index (χ1n) is 15.9. The molecule has 45 heavy (non-hydrogen) atoms. The molecule has 258 valence electrons. The lowest BCUT2D eigenvalue weighted by Crippen LogP contribution is -2.48. The number of carbonyl (C=O) groups excluding carboxylic acids is 3. The van der Waals surface area contributed by atoms with Gasteiger partial charge in [-0.2, -0.15) is 0 Å². The van der Waals surface area contributed by atoms with E-state index >= 15 is 0 Å². The standard InChI is InChI=1S/C32H59N3O8Si2/c1-30(2,3)42-29(38)34-17-15-16-33-27(36)22-19-35(20-23(22)28(37)39-10)26-18-24(43-45(13,14)32(7,8)9)25(41-26)21-40-44(11,12)31(4,5)6/h19-20,24-26H,15-18,21H2,1-14H3,(H,33,36)(H,34,38)/t24-,25+,26+/m0/s1. The average molecular weight is 670 g/mol. The van der Waals surface area contributed by atoms with Crippen molar-refractivity contribution in [2.45, 2.75) is 135 Å². The maximum Gasteiger partial charge on any atom is 0.407 e. The van der Waals surface area contributed by atoms with E-state index in [0.29, 0.717) is 26.0 Å². The van der Waals surface area contributed by atoms with Crippen molar-refractivity contribution in [2.75, 3.05) is 26.8 Å². The molecule has 1 saturated heterocycles. The highest BCUT2D eigenvalue weighted by atomic mass is 28.4. The summed E-state index contributed by atoms with van der Waals surface area (Å²) >= 11 is 0. The van der Waals surface area contributed by atoms with Crippen LogP contribution in [0.15, 0.2) is 12.4 Å². The molecule has 13 heteroatoms. The number of esters is 1. The number of hydrogen-bond acceptors (Lipinski definition) is 8. The highest BCUT2D eigenvalue weighted by Gasteiger charge is 2.46. The molecule has 0 bridgehead atoms. The molecule has 0 spiro atoms. The monoisotopic (exact) mass is 669 g/mol. The van der Waals surface area contributed by atoms with Crippen LogP contribution in [-0.2, 0) is 23.1 Å². The molecule has 2 rings (SSSR count). The molecule has 1 aliphatic rings. The highest BCUT2D eigenvalue weighted by molar-refractivity contribution is 6.74. The Balaban J connectivity index is 2.22. The van der Waals surface area contributed by atoms with Crippen molar-refractivity contribution in [3.05, 3.63) is 23.5 Å². The number of amides is 2. The van der Waals surface area contributed by atoms with Crippen LogP contribution < -0.4 is 10.6 Å². The maximum absolute atomic E-state index is 13.2. The van der Waals surface area contributed by atoms with Crippen LogP contribution >= 0.6 is 0 Å². The summed E-state index contributed by atoms with van der Waals surface area (Å²) < 4.78 is 32.0. The lowest BCUT2D eigenvalue weighted by Gasteiger charge is -2.40. The number of nitrogens with zero attached hydrogens (tertiary/aromatic N) is 1. The van der Waals surface area contributed by atoms with Gasteiger partial charge >= 0.3 is 12.1 Å². The summed E-state index contributed by atoms with van der Waals surface area (Å²) in [6, 6.07) is 0. The third-order valence-electron chi connectivity index (χ3n) is 8.98. The lowest BCUT2D eigenvalue weighted by molar-refractivity contribution is -0.0395. The number of ether oxygens (including phenoxy) is 3. The molecular weight excluding hydrogens is 611 g/mol. The predicted octanol–water partition coefficient (Wildman–Crippen LogP) is 6.62. The SMILES string of the molecule is COC(=O)c1cn([C@H]2C[C@H](O[Si](C)(C)C(C)(C)C)[C@@H](CO[Si](C)(C)C(C)(C)C)O2)cc1C(=O)NCCCNC(=O)OC(C)(C)C. The zero-order chi connectivity index (χ0) is 34.6. The quantitative estimate of drug-likeness (QED) is 0.145. The van der Waals surface area contributed by atoms with Crippen molar-refractivity contribution < 1.29 is 37.4 Å². The van der Waals surface area contributed by atoms with Crippen molar-refractivity contribution in [1.82, 2.24) is 15.2 Å². The van der Waals surface area contributed by atoms with Gasteiger partial charge in [0.1, 0.15) is 17.9 Å². The fourth-order valence-corrected chi connectivity index (χ4v) is 6.58. The van der Waals surface area contributed by atoms with Crippen LogP contribution in [0.25, 0.3) is 0 Å². The fraction of sp³-hybridized carbons (Fsp3) is 0.781. The fourth-order valence-electron chi connectivity index (χ4n) is 4.20. The Bertz CT molecular complexity index is 1180. The molecule has 2 N–H and O–H groups in total. The Labute approximate surface area is 272 Å². The summed E-state index contributed by atoms with van der Waals surface area (Å²) in [6.07, 6.45) is 2.77. The van der Waals surface area contributed by atoms with Crippen LogP contribution in [0.5, 0.6) is 0 Å². The van der Waals surface area contributed by atoms with Crippen LogP contribution in [0.1, 0.15) is 102 Å². The van der Waals surface area contributed by atoms with E-state index in [9.17, 15) is 14.4 Å². The minimum absolute atomic E-state index is 0.00904. The van der Waals surface area contributed by atoms with Gasteiger partial charge in [-0.15, -0.1) is 0 Å². The van der Waals surface area contributed by atoms with Crippen molar-refractivity contribution >= 4 is 34.6 Å². The maximum atomic E-state index is 13.2. The number of carbonyl (C=O) groups is 3. The summed E-state index contributed by atoms with van der Waals surface area (Å²) in [6.45, 7) is 28.5. The number of aromatic nitrogens is 1. The van der Waals surface area contributed by atoms with Gasteiger partial charge in [-0.3, -0.25) is 4.79 Å². The van der Waals surface area contributed by atoms with Crippen LogP contribution in [-0.4, -0.2) is 83.8 Å². The zero-order valence-electron chi connectivity index (χ0n) is 30.1. The molecule has 2 heterocycles. The Morgan fingerprint density at radius 2 is 1.44 bits per heavy atom. The lowest BCUT2D eigenvalue weighted by atomic mass is 10.2. The summed E-state index contributed by atoms with van der Waals surface area (Å²) in [4.78, 5) is 37.8. The summed E-state index contributed by atoms with van der Waals surface area (Å²) in [7, 11) is -2.91. The average Bonchev–Trinajstić information content (AvgIpc) is 3.48. The number of alkyl carbamates (subject to hydrolysis) is 1. The van der Waals surface area contributed by atoms with Gasteiger partial charge in [0, 0.05) is 31.9 Å². The van der Waals surface area contributed by atoms with Crippen LogP contribution in [0, 0.1) is 0 Å². The third kappa shape index (κ3) is 10.9. The molecule has 3 atom stereocenters. The molecule has 0 aromatic carbocycles. The number of rotatable bonds is 12. The van der Waals surface area contributed by atoms with E-state index in [-0.39, 0.29) is 40.0 Å². The Kier molecular flexibility index (Phi) is 12.7. The van der Waals surface area contributed by atoms with E-state index in [1.165, 1.54) is 7.11 Å². The summed E-state index contributed by atoms with van der Waals surface area (Å²) in [5.74, 6) is -1.04. The minimum Gasteiger partial charge on any atom is -0.465 e. The van der Waals surface area contributed by atoms with E-state index in [4.69, 9.17) is 23.1 Å². The number of methoxy groups -OCH3 is 1. The van der Waals surface area contributed by atoms with Gasteiger partial charge in [0.05, 0.1) is 30.9 Å². The van der Waals surface area contributed by atoms with E-state index in [0.717, 1.165) is 0 Å². The van der Waals surface area contributed by atoms with Gasteiger partial charge < -0.3 is 38.3 Å². The van der Waals surface area contributed by atoms with Gasteiger partial charge in [0.2, 0.25) is 0 Å². The van der Waals surface area contributed by atoms with Gasteiger partial charge in [-0.05, 0) is 63.5 Å². The Morgan fingerprint density at radius 3 is 1.98 bits per heavy atom. The Morgan fingerprint density at radius 1 is 0.889 bits per heavy atom. The van der Waals surface area contributed by atoms with E-state index in [1.54, 1.807) is 37.7 Å². The predicted molar refractivity (Wildman–Crippen MR) is 181 cm³/mol. The smallest absolute Gasteiger partial charge is 0.407 e. The van der Waals surface area contributed by atoms with Crippen molar-refractivity contribution in [3.8, 4) is 0 Å². The van der Waals surface area contributed by atoms with Crippen molar-refractivity contribution in [2.24, 2.45) is 0 Å². The topological polar surface area (TPSA) is 126 Å². The van der Waals surface area contributed by atoms with Crippen LogP contribution in [0.3, 0.4) is 0 Å². The number of hydrogen-bond donors (Lipinski definition) is 2. The highest BCUT2D eigenvalue weighted by Crippen LogP contribution is 2.42. The second-order valence-corrected chi connectivity index (χ2v) is 25.5. The molecule has 1 aromatic rings. The van der Waals surface area contributed by atoms with Crippen LogP contribution in [0.4, 0.5) is 4.79 Å². The second-order valence-electron chi connectivity index (χ2n) is 15.9. The molecule has 1 aromatic heterocycles. The van der Waals surface area contributed by atoms with E-state index in [2.05, 4.69) is 78.4 Å². The molecule has 0 radical (unpaired) electrons. The van der Waals surface area contributed by atoms with Crippen molar-refractivity contribution in [1.29, 1.82) is 0 Å². The Hall–Kier alpha value is -2.20. The first kappa shape index (κ1) is 39.0. The normalized spacial score (nSPS) is 19.7. The first-order valence-corrected chi connectivity index (χ1v) is 21.7. The molecular formula is C32H59N3O8Si2. The largest absolute Gasteiger partial charge is 0.465 e. The van der Waals surface area contributed by atoms with Gasteiger partial charge in [-0.1, -0.05) is 41.5 Å². The second kappa shape index (κ2) is 14.7. The third-order valence-corrected chi connectivity index (χ3v) is 18.0. The summed E-state index contributed by atoms with van der Waals surface area (Å²) in [5, 5.41) is 5.56. The van der Waals surface area contributed by atoms with E-state index < -0.39 is 46.4 Å². The molecule has 0 saturated carbocycles. The zero-order valence-corrected chi connectivity index (χ0v) is 32.1. The van der Waals surface area contributed by atoms with Gasteiger partial charge in [-0.25, -0.2) is 9.59 Å². The molecule has 0 unspecified atom stereocenters. The summed E-state index contributed by atoms with van der Waals surface area (Å²) in [5.41, 5.74) is -0.255. The number of nitrogens with one attached hydrogen (secondary N) is 2. The molecule has 1 fully saturated rings. The first-order chi connectivity index (χ1) is 20.4.